The van der Waals surface area contributed by atoms with Crippen molar-refractivity contribution in [2.75, 3.05) is 6.54 Å². The summed E-state index contributed by atoms with van der Waals surface area (Å²) in [4.78, 5) is 4.50. The number of nitrogens with zero attached hydrogens (tertiary/aromatic N) is 1. The van der Waals surface area contributed by atoms with Crippen LogP contribution < -0.4 is 5.32 Å². The summed E-state index contributed by atoms with van der Waals surface area (Å²) in [7, 11) is 0. The van der Waals surface area contributed by atoms with Crippen molar-refractivity contribution in [3.05, 3.63) is 23.8 Å². The van der Waals surface area contributed by atoms with Crippen molar-refractivity contribution < 1.29 is 0 Å². The van der Waals surface area contributed by atoms with E-state index in [1.807, 2.05) is 0 Å². The second-order valence-electron chi connectivity index (χ2n) is 3.29. The Morgan fingerprint density at radius 2 is 2.46 bits per heavy atom. The predicted octanol–water partition coefficient (Wildman–Crippen LogP) is 2.42. The molecule has 0 aromatic carbocycles. The molecule has 0 amide bonds. The average molecular weight is 288 g/mol. The Morgan fingerprint density at radius 1 is 1.54 bits per heavy atom. The second kappa shape index (κ2) is 4.26. The van der Waals surface area contributed by atoms with Crippen molar-refractivity contribution in [2.24, 2.45) is 4.99 Å². The van der Waals surface area contributed by atoms with Crippen LogP contribution in [0.3, 0.4) is 0 Å². The molecule has 1 atom stereocenters. The van der Waals surface area contributed by atoms with Gasteiger partial charge in [-0.1, -0.05) is 40.8 Å². The quantitative estimate of drug-likeness (QED) is 0.447. The van der Waals surface area contributed by atoms with Crippen LogP contribution in [0.15, 0.2) is 28.8 Å². The number of rotatable bonds is 1. The Bertz CT molecular complexity index is 279. The van der Waals surface area contributed by atoms with E-state index >= 15 is 0 Å². The summed E-state index contributed by atoms with van der Waals surface area (Å²) < 4.78 is 0.553. The van der Waals surface area contributed by atoms with E-state index in [4.69, 9.17) is 0 Å². The summed E-state index contributed by atoms with van der Waals surface area (Å²) in [6.07, 6.45) is 9.93. The molecule has 0 spiro atoms. The molecule has 0 fully saturated rings. The van der Waals surface area contributed by atoms with Gasteiger partial charge in [0.1, 0.15) is 5.84 Å². The Morgan fingerprint density at radius 3 is 3.15 bits per heavy atom. The first kappa shape index (κ1) is 9.24. The Hall–Kier alpha value is -0.320. The molecular formula is C10H13IN2. The highest BCUT2D eigenvalue weighted by Gasteiger charge is 2.15. The van der Waals surface area contributed by atoms with Crippen LogP contribution in [0.5, 0.6) is 0 Å². The van der Waals surface area contributed by atoms with Gasteiger partial charge in [-0.3, -0.25) is 4.99 Å². The summed E-state index contributed by atoms with van der Waals surface area (Å²) in [5.74, 6) is 1.12. The van der Waals surface area contributed by atoms with Crippen LogP contribution in [0.2, 0.25) is 0 Å². The third-order valence-corrected chi connectivity index (χ3v) is 3.20. The SMILES string of the molecule is IC1CCN=C(C2=CC=CCC2)N1. The number of nitrogens with one attached hydrogen (secondary N) is 1. The summed E-state index contributed by atoms with van der Waals surface area (Å²) >= 11 is 2.43. The van der Waals surface area contributed by atoms with Gasteiger partial charge in [0.25, 0.3) is 0 Å². The smallest absolute Gasteiger partial charge is 0.124 e. The van der Waals surface area contributed by atoms with Crippen LogP contribution in [-0.2, 0) is 0 Å². The minimum Gasteiger partial charge on any atom is -0.358 e. The first-order valence-corrected chi connectivity index (χ1v) is 5.92. The molecule has 2 aliphatic rings. The van der Waals surface area contributed by atoms with E-state index < -0.39 is 0 Å². The van der Waals surface area contributed by atoms with Gasteiger partial charge in [-0.15, -0.1) is 0 Å². The molecule has 2 nitrogen and oxygen atoms in total. The number of alkyl halides is 1. The number of allylic oxidation sites excluding steroid dienone is 3. The van der Waals surface area contributed by atoms with Crippen LogP contribution in [0.4, 0.5) is 0 Å². The Kier molecular flexibility index (Phi) is 3.03. The van der Waals surface area contributed by atoms with Crippen molar-refractivity contribution in [1.82, 2.24) is 5.32 Å². The number of aliphatic imine (C=N–C) groups is 1. The van der Waals surface area contributed by atoms with Crippen LogP contribution >= 0.6 is 22.6 Å². The summed E-state index contributed by atoms with van der Waals surface area (Å²) in [6, 6.07) is 0. The van der Waals surface area contributed by atoms with Crippen LogP contribution in [0.1, 0.15) is 19.3 Å². The van der Waals surface area contributed by atoms with E-state index in [0.717, 1.165) is 31.6 Å². The van der Waals surface area contributed by atoms with Crippen molar-refractivity contribution in [1.29, 1.82) is 0 Å². The van der Waals surface area contributed by atoms with Crippen molar-refractivity contribution >= 4 is 28.4 Å². The molecule has 1 aliphatic heterocycles. The molecule has 0 aromatic heterocycles. The molecule has 1 N–H and O–H groups in total. The lowest BCUT2D eigenvalue weighted by atomic mass is 10.0. The first-order valence-electron chi connectivity index (χ1n) is 4.67. The number of hydrogen-bond donors (Lipinski definition) is 1. The first-order chi connectivity index (χ1) is 6.36. The maximum Gasteiger partial charge on any atom is 0.124 e. The fourth-order valence-electron chi connectivity index (χ4n) is 1.55. The normalized spacial score (nSPS) is 27.6. The highest BCUT2D eigenvalue weighted by molar-refractivity contribution is 14.1. The van der Waals surface area contributed by atoms with E-state index in [2.05, 4.69) is 51.1 Å². The molecular weight excluding hydrogens is 275 g/mol. The number of hydrogen-bond acceptors (Lipinski definition) is 2. The molecule has 2 rings (SSSR count). The highest BCUT2D eigenvalue weighted by atomic mass is 127. The molecule has 1 aliphatic carbocycles. The fourth-order valence-corrected chi connectivity index (χ4v) is 2.12. The van der Waals surface area contributed by atoms with Crippen molar-refractivity contribution in [2.45, 2.75) is 23.3 Å². The lowest BCUT2D eigenvalue weighted by Crippen LogP contribution is -2.36. The molecule has 70 valence electrons. The van der Waals surface area contributed by atoms with E-state index in [9.17, 15) is 0 Å². The number of halogens is 1. The standard InChI is InChI=1S/C10H13IN2/c11-9-6-7-12-10(13-9)8-4-2-1-3-5-8/h1-2,4,9H,3,5-7H2,(H,12,13). The second-order valence-corrected chi connectivity index (χ2v) is 4.79. The molecule has 0 saturated carbocycles. The lowest BCUT2D eigenvalue weighted by molar-refractivity contribution is 0.714. The van der Waals surface area contributed by atoms with E-state index in [1.54, 1.807) is 0 Å². The third-order valence-electron chi connectivity index (χ3n) is 2.26. The zero-order chi connectivity index (χ0) is 9.10. The maximum absolute atomic E-state index is 4.50. The van der Waals surface area contributed by atoms with Crippen LogP contribution in [-0.4, -0.2) is 16.4 Å². The minimum absolute atomic E-state index is 0.553. The van der Waals surface area contributed by atoms with Gasteiger partial charge in [-0.2, -0.15) is 0 Å². The van der Waals surface area contributed by atoms with Gasteiger partial charge < -0.3 is 5.32 Å². The monoisotopic (exact) mass is 288 g/mol. The van der Waals surface area contributed by atoms with Gasteiger partial charge in [0.2, 0.25) is 0 Å². The van der Waals surface area contributed by atoms with E-state index in [0.29, 0.717) is 4.05 Å². The maximum atomic E-state index is 4.50. The van der Waals surface area contributed by atoms with E-state index in [1.165, 1.54) is 5.57 Å². The van der Waals surface area contributed by atoms with Gasteiger partial charge in [-0.05, 0) is 24.8 Å². The van der Waals surface area contributed by atoms with Crippen molar-refractivity contribution in [3.63, 3.8) is 0 Å². The fraction of sp³-hybridized carbons (Fsp3) is 0.500. The molecule has 0 saturated heterocycles. The largest absolute Gasteiger partial charge is 0.358 e. The lowest BCUT2D eigenvalue weighted by Gasteiger charge is -2.22. The molecule has 0 aromatic rings. The zero-order valence-corrected chi connectivity index (χ0v) is 9.62. The predicted molar refractivity (Wildman–Crippen MR) is 64.3 cm³/mol. The highest BCUT2D eigenvalue weighted by Crippen LogP contribution is 2.16. The molecule has 0 bridgehead atoms. The molecule has 13 heavy (non-hydrogen) atoms. The summed E-state index contributed by atoms with van der Waals surface area (Å²) in [6.45, 7) is 0.969. The Labute approximate surface area is 92.3 Å². The Balaban J connectivity index is 2.11. The van der Waals surface area contributed by atoms with Crippen LogP contribution in [0.25, 0.3) is 0 Å². The average Bonchev–Trinajstić information content (AvgIpc) is 2.19. The van der Waals surface area contributed by atoms with Gasteiger partial charge in [-0.25, -0.2) is 0 Å². The molecule has 0 radical (unpaired) electrons. The summed E-state index contributed by atoms with van der Waals surface area (Å²) in [5.41, 5.74) is 1.36. The van der Waals surface area contributed by atoms with Gasteiger partial charge in [0.15, 0.2) is 0 Å². The zero-order valence-electron chi connectivity index (χ0n) is 7.46. The third kappa shape index (κ3) is 2.33. The van der Waals surface area contributed by atoms with Gasteiger partial charge >= 0.3 is 0 Å². The molecule has 1 unspecified atom stereocenters. The van der Waals surface area contributed by atoms with Gasteiger partial charge in [0.05, 0.1) is 4.05 Å². The van der Waals surface area contributed by atoms with E-state index in [-0.39, 0.29) is 0 Å². The van der Waals surface area contributed by atoms with Gasteiger partial charge in [0, 0.05) is 6.54 Å². The van der Waals surface area contributed by atoms with Crippen molar-refractivity contribution in [3.8, 4) is 0 Å². The number of amidine groups is 1. The minimum atomic E-state index is 0.553. The summed E-state index contributed by atoms with van der Waals surface area (Å²) in [5, 5.41) is 3.42. The topological polar surface area (TPSA) is 24.4 Å². The molecule has 3 heteroatoms. The molecule has 1 heterocycles. The van der Waals surface area contributed by atoms with Crippen LogP contribution in [0, 0.1) is 0 Å².